The van der Waals surface area contributed by atoms with E-state index in [1.165, 1.54) is 0 Å². The van der Waals surface area contributed by atoms with E-state index in [0.717, 1.165) is 6.42 Å². The lowest BCUT2D eigenvalue weighted by atomic mass is 10.1. The molecular weight excluding hydrogens is 154 g/mol. The first-order valence-electron chi connectivity index (χ1n) is 4.45. The molecule has 0 aromatic heterocycles. The van der Waals surface area contributed by atoms with Crippen LogP contribution in [-0.4, -0.2) is 18.1 Å². The van der Waals surface area contributed by atoms with Crippen molar-refractivity contribution in [3.8, 4) is 0 Å². The van der Waals surface area contributed by atoms with Gasteiger partial charge in [-0.25, -0.2) is 0 Å². The summed E-state index contributed by atoms with van der Waals surface area (Å²) < 4.78 is 5.06. The van der Waals surface area contributed by atoms with Crippen molar-refractivity contribution < 1.29 is 9.53 Å². The van der Waals surface area contributed by atoms with E-state index in [0.29, 0.717) is 0 Å². The van der Waals surface area contributed by atoms with Crippen molar-refractivity contribution in [3.63, 3.8) is 0 Å². The van der Waals surface area contributed by atoms with Crippen LogP contribution in [0.2, 0.25) is 0 Å². The molecule has 0 fully saturated rings. The summed E-state index contributed by atoms with van der Waals surface area (Å²) >= 11 is 0. The number of hydrogen-bond donors (Lipinski definition) is 1. The minimum absolute atomic E-state index is 0.0256. The fourth-order valence-electron chi connectivity index (χ4n) is 0.632. The van der Waals surface area contributed by atoms with Crippen molar-refractivity contribution in [2.45, 2.75) is 46.3 Å². The number of esters is 1. The molecule has 0 bridgehead atoms. The zero-order valence-electron chi connectivity index (χ0n) is 8.33. The SMILES string of the molecule is CC[C@H](C)OC(=O)C(N)C(C)C. The Morgan fingerprint density at radius 2 is 1.92 bits per heavy atom. The molecule has 0 saturated heterocycles. The zero-order chi connectivity index (χ0) is 9.72. The lowest BCUT2D eigenvalue weighted by molar-refractivity contribution is -0.151. The Morgan fingerprint density at radius 3 is 2.25 bits per heavy atom. The van der Waals surface area contributed by atoms with Crippen molar-refractivity contribution in [2.24, 2.45) is 11.7 Å². The Morgan fingerprint density at radius 1 is 1.42 bits per heavy atom. The third-order valence-corrected chi connectivity index (χ3v) is 1.88. The van der Waals surface area contributed by atoms with Crippen LogP contribution in [0.4, 0.5) is 0 Å². The molecule has 0 aliphatic heterocycles. The normalized spacial score (nSPS) is 15.8. The van der Waals surface area contributed by atoms with Gasteiger partial charge in [-0.05, 0) is 19.3 Å². The van der Waals surface area contributed by atoms with E-state index < -0.39 is 6.04 Å². The van der Waals surface area contributed by atoms with Crippen molar-refractivity contribution in [2.75, 3.05) is 0 Å². The predicted octanol–water partition coefficient (Wildman–Crippen LogP) is 1.31. The second-order valence-corrected chi connectivity index (χ2v) is 3.43. The van der Waals surface area contributed by atoms with Crippen LogP contribution < -0.4 is 5.73 Å². The van der Waals surface area contributed by atoms with Crippen LogP contribution in [0.1, 0.15) is 34.1 Å². The van der Waals surface area contributed by atoms with Crippen LogP contribution in [0.25, 0.3) is 0 Å². The molecule has 0 aromatic carbocycles. The predicted molar refractivity (Wildman–Crippen MR) is 48.7 cm³/mol. The van der Waals surface area contributed by atoms with Gasteiger partial charge in [-0.2, -0.15) is 0 Å². The van der Waals surface area contributed by atoms with Crippen LogP contribution in [0, 0.1) is 5.92 Å². The van der Waals surface area contributed by atoms with E-state index in [-0.39, 0.29) is 18.0 Å². The first-order chi connectivity index (χ1) is 5.49. The maximum Gasteiger partial charge on any atom is 0.323 e. The molecule has 0 heterocycles. The number of ether oxygens (including phenoxy) is 1. The monoisotopic (exact) mass is 173 g/mol. The van der Waals surface area contributed by atoms with Gasteiger partial charge in [0.2, 0.25) is 0 Å². The number of carbonyl (C=O) groups excluding carboxylic acids is 1. The quantitative estimate of drug-likeness (QED) is 0.652. The summed E-state index contributed by atoms with van der Waals surface area (Å²) in [7, 11) is 0. The highest BCUT2D eigenvalue weighted by molar-refractivity contribution is 5.75. The average Bonchev–Trinajstić information content (AvgIpc) is 2.02. The van der Waals surface area contributed by atoms with Crippen molar-refractivity contribution >= 4 is 5.97 Å². The maximum atomic E-state index is 11.2. The summed E-state index contributed by atoms with van der Waals surface area (Å²) in [5, 5.41) is 0. The minimum atomic E-state index is -0.487. The van der Waals surface area contributed by atoms with Gasteiger partial charge in [-0.1, -0.05) is 20.8 Å². The van der Waals surface area contributed by atoms with E-state index in [2.05, 4.69) is 0 Å². The summed E-state index contributed by atoms with van der Waals surface area (Å²) in [6.45, 7) is 7.65. The largest absolute Gasteiger partial charge is 0.462 e. The molecule has 3 heteroatoms. The molecule has 0 rings (SSSR count). The van der Waals surface area contributed by atoms with Crippen molar-refractivity contribution in [1.29, 1.82) is 0 Å². The lowest BCUT2D eigenvalue weighted by Crippen LogP contribution is -2.38. The number of nitrogens with two attached hydrogens (primary N) is 1. The van der Waals surface area contributed by atoms with Crippen LogP contribution in [0.5, 0.6) is 0 Å². The molecule has 0 amide bonds. The van der Waals surface area contributed by atoms with Gasteiger partial charge >= 0.3 is 5.97 Å². The Labute approximate surface area is 74.3 Å². The molecule has 0 radical (unpaired) electrons. The van der Waals surface area contributed by atoms with E-state index in [1.54, 1.807) is 0 Å². The summed E-state index contributed by atoms with van der Waals surface area (Å²) in [6, 6.07) is -0.487. The molecule has 3 nitrogen and oxygen atoms in total. The Bertz CT molecular complexity index is 145. The lowest BCUT2D eigenvalue weighted by Gasteiger charge is -2.17. The molecule has 2 N–H and O–H groups in total. The number of rotatable bonds is 4. The fraction of sp³-hybridized carbons (Fsp3) is 0.889. The smallest absolute Gasteiger partial charge is 0.323 e. The second kappa shape index (κ2) is 5.14. The number of carbonyl (C=O) groups is 1. The number of hydrogen-bond acceptors (Lipinski definition) is 3. The fourth-order valence-corrected chi connectivity index (χ4v) is 0.632. The van der Waals surface area contributed by atoms with Gasteiger partial charge in [0, 0.05) is 0 Å². The van der Waals surface area contributed by atoms with Crippen LogP contribution in [-0.2, 0) is 9.53 Å². The van der Waals surface area contributed by atoms with Gasteiger partial charge in [-0.15, -0.1) is 0 Å². The van der Waals surface area contributed by atoms with Crippen molar-refractivity contribution in [3.05, 3.63) is 0 Å². The Kier molecular flexibility index (Phi) is 4.90. The summed E-state index contributed by atoms with van der Waals surface area (Å²) in [6.07, 6.45) is 0.804. The molecule has 1 unspecified atom stereocenters. The highest BCUT2D eigenvalue weighted by Gasteiger charge is 2.19. The highest BCUT2D eigenvalue weighted by atomic mass is 16.5. The first kappa shape index (κ1) is 11.4. The minimum Gasteiger partial charge on any atom is -0.462 e. The van der Waals surface area contributed by atoms with Gasteiger partial charge in [0.15, 0.2) is 0 Å². The van der Waals surface area contributed by atoms with Crippen molar-refractivity contribution in [1.82, 2.24) is 0 Å². The molecule has 0 aromatic rings. The van der Waals surface area contributed by atoms with E-state index in [1.807, 2.05) is 27.7 Å². The summed E-state index contributed by atoms with van der Waals surface area (Å²) in [4.78, 5) is 11.2. The van der Waals surface area contributed by atoms with Gasteiger partial charge in [0.25, 0.3) is 0 Å². The summed E-state index contributed by atoms with van der Waals surface area (Å²) in [5.74, 6) is -0.152. The molecule has 2 atom stereocenters. The van der Waals surface area contributed by atoms with Crippen LogP contribution >= 0.6 is 0 Å². The van der Waals surface area contributed by atoms with E-state index in [4.69, 9.17) is 10.5 Å². The third kappa shape index (κ3) is 3.72. The third-order valence-electron chi connectivity index (χ3n) is 1.88. The molecule has 0 aliphatic rings. The molecular formula is C9H19NO2. The summed E-state index contributed by atoms with van der Waals surface area (Å²) in [5.41, 5.74) is 5.59. The van der Waals surface area contributed by atoms with Gasteiger partial charge in [0.05, 0.1) is 6.10 Å². The topological polar surface area (TPSA) is 52.3 Å². The molecule has 72 valence electrons. The van der Waals surface area contributed by atoms with Crippen LogP contribution in [0.3, 0.4) is 0 Å². The Balaban J connectivity index is 3.87. The van der Waals surface area contributed by atoms with Gasteiger partial charge in [-0.3, -0.25) is 4.79 Å². The maximum absolute atomic E-state index is 11.2. The second-order valence-electron chi connectivity index (χ2n) is 3.43. The highest BCUT2D eigenvalue weighted by Crippen LogP contribution is 2.04. The zero-order valence-corrected chi connectivity index (χ0v) is 8.33. The van der Waals surface area contributed by atoms with E-state index >= 15 is 0 Å². The van der Waals surface area contributed by atoms with Gasteiger partial charge in [0.1, 0.15) is 6.04 Å². The molecule has 12 heavy (non-hydrogen) atoms. The van der Waals surface area contributed by atoms with E-state index in [9.17, 15) is 4.79 Å². The molecule has 0 spiro atoms. The molecule has 0 aliphatic carbocycles. The van der Waals surface area contributed by atoms with Crippen LogP contribution in [0.15, 0.2) is 0 Å². The Hall–Kier alpha value is -0.570. The average molecular weight is 173 g/mol. The standard InChI is InChI=1S/C9H19NO2/c1-5-7(4)12-9(11)8(10)6(2)3/h6-8H,5,10H2,1-4H3/t7-,8?/m0/s1. The molecule has 0 saturated carbocycles. The first-order valence-corrected chi connectivity index (χ1v) is 4.45. The van der Waals surface area contributed by atoms with Gasteiger partial charge < -0.3 is 10.5 Å².